The van der Waals surface area contributed by atoms with E-state index < -0.39 is 0 Å². The Morgan fingerprint density at radius 2 is 2.04 bits per heavy atom. The first kappa shape index (κ1) is 16.4. The largest absolute Gasteiger partial charge is 0.335 e. The third-order valence-corrected chi connectivity index (χ3v) is 5.84. The average molecular weight is 342 g/mol. The summed E-state index contributed by atoms with van der Waals surface area (Å²) in [7, 11) is 0. The SMILES string of the molecule is Cc1cccc(CN2C(=O)CC3C2CCN3C(=O)NC2CCCC2)n1. The van der Waals surface area contributed by atoms with Crippen LogP contribution in [0.3, 0.4) is 0 Å². The number of likely N-dealkylation sites (tertiary alicyclic amines) is 2. The Labute approximate surface area is 148 Å². The summed E-state index contributed by atoms with van der Waals surface area (Å²) >= 11 is 0. The highest BCUT2D eigenvalue weighted by Crippen LogP contribution is 2.33. The summed E-state index contributed by atoms with van der Waals surface area (Å²) in [5.74, 6) is 0.136. The molecule has 3 heterocycles. The van der Waals surface area contributed by atoms with Crippen LogP contribution in [0.25, 0.3) is 0 Å². The number of amides is 3. The van der Waals surface area contributed by atoms with E-state index in [2.05, 4.69) is 10.3 Å². The lowest BCUT2D eigenvalue weighted by Crippen LogP contribution is -2.47. The molecule has 2 atom stereocenters. The predicted octanol–water partition coefficient (Wildman–Crippen LogP) is 2.22. The van der Waals surface area contributed by atoms with Crippen LogP contribution in [0.15, 0.2) is 18.2 Å². The Morgan fingerprint density at radius 3 is 2.80 bits per heavy atom. The van der Waals surface area contributed by atoms with Crippen molar-refractivity contribution < 1.29 is 9.59 Å². The second-order valence-electron chi connectivity index (χ2n) is 7.54. The normalized spacial score (nSPS) is 26.4. The van der Waals surface area contributed by atoms with Gasteiger partial charge in [-0.1, -0.05) is 18.9 Å². The second kappa shape index (κ2) is 6.65. The van der Waals surface area contributed by atoms with Gasteiger partial charge in [-0.25, -0.2) is 4.79 Å². The second-order valence-corrected chi connectivity index (χ2v) is 7.54. The smallest absolute Gasteiger partial charge is 0.317 e. The van der Waals surface area contributed by atoms with Gasteiger partial charge in [0.15, 0.2) is 0 Å². The molecule has 0 aromatic carbocycles. The summed E-state index contributed by atoms with van der Waals surface area (Å²) in [5.41, 5.74) is 1.88. The number of aromatic nitrogens is 1. The minimum absolute atomic E-state index is 0.0127. The number of rotatable bonds is 3. The summed E-state index contributed by atoms with van der Waals surface area (Å²) in [5, 5.41) is 3.17. The van der Waals surface area contributed by atoms with Gasteiger partial charge in [-0.15, -0.1) is 0 Å². The van der Waals surface area contributed by atoms with Gasteiger partial charge >= 0.3 is 6.03 Å². The minimum Gasteiger partial charge on any atom is -0.335 e. The molecule has 6 nitrogen and oxygen atoms in total. The number of hydrogen-bond donors (Lipinski definition) is 1. The van der Waals surface area contributed by atoms with Gasteiger partial charge < -0.3 is 15.1 Å². The van der Waals surface area contributed by atoms with Gasteiger partial charge in [-0.05, 0) is 38.3 Å². The molecule has 0 spiro atoms. The van der Waals surface area contributed by atoms with Crippen LogP contribution < -0.4 is 5.32 Å². The Bertz CT molecular complexity index is 671. The number of nitrogens with zero attached hydrogens (tertiary/aromatic N) is 3. The molecule has 3 fully saturated rings. The zero-order chi connectivity index (χ0) is 17.4. The van der Waals surface area contributed by atoms with Crippen molar-refractivity contribution in [2.24, 2.45) is 0 Å². The van der Waals surface area contributed by atoms with Crippen molar-refractivity contribution >= 4 is 11.9 Å². The number of carbonyl (C=O) groups excluding carboxylic acids is 2. The molecule has 3 aliphatic rings. The Balaban J connectivity index is 1.42. The average Bonchev–Trinajstić information content (AvgIpc) is 3.27. The third kappa shape index (κ3) is 3.22. The van der Waals surface area contributed by atoms with Gasteiger partial charge in [0, 0.05) is 24.7 Å². The van der Waals surface area contributed by atoms with Crippen molar-refractivity contribution in [2.45, 2.75) is 70.1 Å². The van der Waals surface area contributed by atoms with Crippen molar-refractivity contribution in [1.29, 1.82) is 0 Å². The lowest BCUT2D eigenvalue weighted by molar-refractivity contribution is -0.129. The van der Waals surface area contributed by atoms with E-state index in [0.717, 1.165) is 37.2 Å². The van der Waals surface area contributed by atoms with Gasteiger partial charge in [-0.3, -0.25) is 9.78 Å². The van der Waals surface area contributed by atoms with E-state index in [1.54, 1.807) is 0 Å². The molecule has 2 saturated heterocycles. The first-order chi connectivity index (χ1) is 12.1. The Hall–Kier alpha value is -2.11. The van der Waals surface area contributed by atoms with Crippen LogP contribution >= 0.6 is 0 Å². The molecule has 1 saturated carbocycles. The standard InChI is InChI=1S/C19H26N4O2/c1-13-5-4-8-15(20-13)12-23-16-9-10-22(17(16)11-18(23)24)19(25)21-14-6-2-3-7-14/h4-5,8,14,16-17H,2-3,6-7,9-12H2,1H3,(H,21,25). The number of nitrogens with one attached hydrogen (secondary N) is 1. The van der Waals surface area contributed by atoms with E-state index in [-0.39, 0.29) is 24.0 Å². The fraction of sp³-hybridized carbons (Fsp3) is 0.632. The Kier molecular flexibility index (Phi) is 4.36. The summed E-state index contributed by atoms with van der Waals surface area (Å²) < 4.78 is 0. The highest BCUT2D eigenvalue weighted by Gasteiger charge is 2.48. The molecule has 6 heteroatoms. The lowest BCUT2D eigenvalue weighted by atomic mass is 10.1. The third-order valence-electron chi connectivity index (χ3n) is 5.84. The molecule has 0 bridgehead atoms. The van der Waals surface area contributed by atoms with E-state index in [4.69, 9.17) is 0 Å². The fourth-order valence-electron chi connectivity index (χ4n) is 4.58. The van der Waals surface area contributed by atoms with Crippen LogP contribution in [-0.2, 0) is 11.3 Å². The monoisotopic (exact) mass is 342 g/mol. The topological polar surface area (TPSA) is 65.5 Å². The van der Waals surface area contributed by atoms with Gasteiger partial charge in [0.25, 0.3) is 0 Å². The fourth-order valence-corrected chi connectivity index (χ4v) is 4.58. The molecular weight excluding hydrogens is 316 g/mol. The molecule has 1 aromatic heterocycles. The van der Waals surface area contributed by atoms with Crippen molar-refractivity contribution in [2.75, 3.05) is 6.54 Å². The van der Waals surface area contributed by atoms with Gasteiger partial charge in [0.1, 0.15) is 0 Å². The maximum atomic E-state index is 12.6. The molecule has 134 valence electrons. The molecule has 4 rings (SSSR count). The molecule has 1 aromatic rings. The molecule has 0 radical (unpaired) electrons. The van der Waals surface area contributed by atoms with E-state index in [0.29, 0.717) is 19.0 Å². The molecule has 2 aliphatic heterocycles. The van der Waals surface area contributed by atoms with Crippen LogP contribution in [-0.4, -0.2) is 51.4 Å². The first-order valence-corrected chi connectivity index (χ1v) is 9.41. The van der Waals surface area contributed by atoms with Crippen molar-refractivity contribution in [3.8, 4) is 0 Å². The summed E-state index contributed by atoms with van der Waals surface area (Å²) in [4.78, 5) is 33.5. The Morgan fingerprint density at radius 1 is 1.24 bits per heavy atom. The maximum Gasteiger partial charge on any atom is 0.317 e. The number of aryl methyl sites for hydroxylation is 1. The van der Waals surface area contributed by atoms with Gasteiger partial charge in [0.2, 0.25) is 5.91 Å². The maximum absolute atomic E-state index is 12.6. The van der Waals surface area contributed by atoms with Crippen LogP contribution in [0.1, 0.15) is 49.9 Å². The number of urea groups is 1. The molecule has 3 amide bonds. The van der Waals surface area contributed by atoms with E-state index in [1.165, 1.54) is 12.8 Å². The molecule has 25 heavy (non-hydrogen) atoms. The van der Waals surface area contributed by atoms with E-state index in [9.17, 15) is 9.59 Å². The molecule has 1 N–H and O–H groups in total. The number of fused-ring (bicyclic) bond motifs is 1. The van der Waals surface area contributed by atoms with Crippen LogP contribution in [0.2, 0.25) is 0 Å². The highest BCUT2D eigenvalue weighted by atomic mass is 16.2. The molecular formula is C19H26N4O2. The summed E-state index contributed by atoms with van der Waals surface area (Å²) in [6.45, 7) is 3.24. The van der Waals surface area contributed by atoms with Crippen molar-refractivity contribution in [1.82, 2.24) is 20.1 Å². The summed E-state index contributed by atoms with van der Waals surface area (Å²) in [6.07, 6.45) is 5.86. The first-order valence-electron chi connectivity index (χ1n) is 9.41. The zero-order valence-corrected chi connectivity index (χ0v) is 14.8. The zero-order valence-electron chi connectivity index (χ0n) is 14.8. The van der Waals surface area contributed by atoms with Crippen LogP contribution in [0, 0.1) is 6.92 Å². The van der Waals surface area contributed by atoms with E-state index >= 15 is 0 Å². The number of hydrogen-bond acceptors (Lipinski definition) is 3. The minimum atomic E-state index is 0.0127. The number of pyridine rings is 1. The van der Waals surface area contributed by atoms with Gasteiger partial charge in [-0.2, -0.15) is 0 Å². The van der Waals surface area contributed by atoms with E-state index in [1.807, 2.05) is 34.9 Å². The van der Waals surface area contributed by atoms with Gasteiger partial charge in [0.05, 0.1) is 24.3 Å². The lowest BCUT2D eigenvalue weighted by Gasteiger charge is -2.26. The van der Waals surface area contributed by atoms with Crippen LogP contribution in [0.5, 0.6) is 0 Å². The number of carbonyl (C=O) groups is 2. The molecule has 2 unspecified atom stereocenters. The molecule has 1 aliphatic carbocycles. The summed E-state index contributed by atoms with van der Waals surface area (Å²) in [6, 6.07) is 6.38. The highest BCUT2D eigenvalue weighted by molar-refractivity contribution is 5.83. The van der Waals surface area contributed by atoms with Crippen molar-refractivity contribution in [3.05, 3.63) is 29.6 Å². The van der Waals surface area contributed by atoms with Crippen molar-refractivity contribution in [3.63, 3.8) is 0 Å². The van der Waals surface area contributed by atoms with Crippen LogP contribution in [0.4, 0.5) is 4.79 Å². The predicted molar refractivity (Wildman–Crippen MR) is 93.8 cm³/mol. The quantitative estimate of drug-likeness (QED) is 0.916.